The van der Waals surface area contributed by atoms with Crippen LogP contribution in [0.15, 0.2) is 84.9 Å². The molecular formula is C23H21NO3. The Morgan fingerprint density at radius 2 is 1.37 bits per heavy atom. The fourth-order valence-corrected chi connectivity index (χ4v) is 2.67. The Kier molecular flexibility index (Phi) is 6.00. The second kappa shape index (κ2) is 8.81. The first kappa shape index (κ1) is 18.4. The van der Waals surface area contributed by atoms with E-state index in [1.54, 1.807) is 19.1 Å². The van der Waals surface area contributed by atoms with Gasteiger partial charge in [0.25, 0.3) is 5.91 Å². The number of carbonyl (C=O) groups excluding carboxylic acids is 2. The molecule has 1 N–H and O–H groups in total. The van der Waals surface area contributed by atoms with Crippen molar-refractivity contribution in [3.05, 3.63) is 90.5 Å². The highest BCUT2D eigenvalue weighted by molar-refractivity contribution is 5.95. The largest absolute Gasteiger partial charge is 0.452 e. The Morgan fingerprint density at radius 3 is 2.00 bits per heavy atom. The van der Waals surface area contributed by atoms with Crippen LogP contribution < -0.4 is 5.32 Å². The van der Waals surface area contributed by atoms with Gasteiger partial charge in [0.1, 0.15) is 0 Å². The van der Waals surface area contributed by atoms with Gasteiger partial charge in [0, 0.05) is 5.69 Å². The van der Waals surface area contributed by atoms with Crippen molar-refractivity contribution in [1.29, 1.82) is 0 Å². The number of benzene rings is 3. The van der Waals surface area contributed by atoms with E-state index in [0.29, 0.717) is 5.69 Å². The van der Waals surface area contributed by atoms with Gasteiger partial charge in [-0.2, -0.15) is 0 Å². The van der Waals surface area contributed by atoms with Gasteiger partial charge in [-0.15, -0.1) is 0 Å². The lowest BCUT2D eigenvalue weighted by atomic mass is 10.0. The van der Waals surface area contributed by atoms with Crippen LogP contribution >= 0.6 is 0 Å². The maximum absolute atomic E-state index is 12.1. The lowest BCUT2D eigenvalue weighted by Gasteiger charge is -2.13. The van der Waals surface area contributed by atoms with Gasteiger partial charge in [-0.3, -0.25) is 9.59 Å². The van der Waals surface area contributed by atoms with Gasteiger partial charge in [0.2, 0.25) is 0 Å². The quantitative estimate of drug-likeness (QED) is 0.661. The molecule has 0 radical (unpaired) electrons. The molecule has 0 bridgehead atoms. The molecule has 3 rings (SSSR count). The number of esters is 1. The van der Waals surface area contributed by atoms with Crippen LogP contribution in [0.3, 0.4) is 0 Å². The van der Waals surface area contributed by atoms with Crippen LogP contribution in [0, 0.1) is 0 Å². The predicted octanol–water partition coefficient (Wildman–Crippen LogP) is 4.47. The molecule has 27 heavy (non-hydrogen) atoms. The average Bonchev–Trinajstić information content (AvgIpc) is 2.70. The molecule has 0 unspecified atom stereocenters. The summed E-state index contributed by atoms with van der Waals surface area (Å²) < 4.78 is 5.25. The highest BCUT2D eigenvalue weighted by atomic mass is 16.5. The zero-order valence-electron chi connectivity index (χ0n) is 15.1. The molecule has 0 aliphatic rings. The number of nitrogens with one attached hydrogen (secondary N) is 1. The maximum Gasteiger partial charge on any atom is 0.311 e. The third-order valence-corrected chi connectivity index (χ3v) is 4.13. The summed E-state index contributed by atoms with van der Waals surface area (Å²) in [6.07, 6.45) is -0.737. The van der Waals surface area contributed by atoms with Gasteiger partial charge in [-0.25, -0.2) is 0 Å². The van der Waals surface area contributed by atoms with Crippen molar-refractivity contribution in [2.24, 2.45) is 0 Å². The normalized spacial score (nSPS) is 11.4. The first-order chi connectivity index (χ1) is 13.1. The summed E-state index contributed by atoms with van der Waals surface area (Å²) in [5.41, 5.74) is 3.72. The predicted molar refractivity (Wildman–Crippen MR) is 106 cm³/mol. The maximum atomic E-state index is 12.1. The summed E-state index contributed by atoms with van der Waals surface area (Å²) in [6, 6.07) is 26.9. The van der Waals surface area contributed by atoms with E-state index in [2.05, 4.69) is 5.32 Å². The van der Waals surface area contributed by atoms with Crippen molar-refractivity contribution in [1.82, 2.24) is 0 Å². The molecule has 136 valence electrons. The van der Waals surface area contributed by atoms with Gasteiger partial charge in [-0.05, 0) is 35.7 Å². The Balaban J connectivity index is 1.53. The average molecular weight is 359 g/mol. The van der Waals surface area contributed by atoms with E-state index in [1.165, 1.54) is 0 Å². The summed E-state index contributed by atoms with van der Waals surface area (Å²) >= 11 is 0. The summed E-state index contributed by atoms with van der Waals surface area (Å²) in [4.78, 5) is 24.2. The third kappa shape index (κ3) is 5.28. The zero-order chi connectivity index (χ0) is 19.1. The molecule has 1 atom stereocenters. The van der Waals surface area contributed by atoms with Crippen molar-refractivity contribution >= 4 is 17.6 Å². The van der Waals surface area contributed by atoms with Gasteiger partial charge in [0.05, 0.1) is 6.42 Å². The lowest BCUT2D eigenvalue weighted by Crippen LogP contribution is -2.30. The minimum Gasteiger partial charge on any atom is -0.452 e. The molecule has 3 aromatic carbocycles. The molecule has 0 aromatic heterocycles. The van der Waals surface area contributed by atoms with Crippen molar-refractivity contribution in [2.75, 3.05) is 5.32 Å². The Morgan fingerprint density at radius 1 is 0.815 bits per heavy atom. The SMILES string of the molecule is C[C@H](OC(=O)Cc1ccc(-c2ccccc2)cc1)C(=O)Nc1ccccc1. The number of para-hydroxylation sites is 1. The molecule has 4 heteroatoms. The number of hydrogen-bond acceptors (Lipinski definition) is 3. The van der Waals surface area contributed by atoms with Crippen LogP contribution in [0.25, 0.3) is 11.1 Å². The molecule has 1 amide bonds. The van der Waals surface area contributed by atoms with Crippen molar-refractivity contribution < 1.29 is 14.3 Å². The minimum absolute atomic E-state index is 0.123. The topological polar surface area (TPSA) is 55.4 Å². The molecule has 0 fully saturated rings. The van der Waals surface area contributed by atoms with Crippen molar-refractivity contribution in [3.8, 4) is 11.1 Å². The van der Waals surface area contributed by atoms with Crippen LogP contribution in [-0.4, -0.2) is 18.0 Å². The van der Waals surface area contributed by atoms with Gasteiger partial charge < -0.3 is 10.1 Å². The van der Waals surface area contributed by atoms with E-state index in [-0.39, 0.29) is 12.3 Å². The van der Waals surface area contributed by atoms with Crippen LogP contribution in [0.4, 0.5) is 5.69 Å². The Hall–Kier alpha value is -3.40. The standard InChI is InChI=1S/C23H21NO3/c1-17(23(26)24-21-10-6-3-7-11-21)27-22(25)16-18-12-14-20(15-13-18)19-8-4-2-5-9-19/h2-15,17H,16H2,1H3,(H,24,26)/t17-/m0/s1. The zero-order valence-corrected chi connectivity index (χ0v) is 15.1. The second-order valence-electron chi connectivity index (χ2n) is 6.23. The summed E-state index contributed by atoms with van der Waals surface area (Å²) in [5.74, 6) is -0.785. The van der Waals surface area contributed by atoms with Crippen LogP contribution in [0.1, 0.15) is 12.5 Å². The molecule has 3 aromatic rings. The van der Waals surface area contributed by atoms with Crippen LogP contribution in [-0.2, 0) is 20.7 Å². The monoisotopic (exact) mass is 359 g/mol. The van der Waals surface area contributed by atoms with E-state index >= 15 is 0 Å². The molecule has 0 saturated carbocycles. The molecular weight excluding hydrogens is 338 g/mol. The molecule has 0 saturated heterocycles. The van der Waals surface area contributed by atoms with E-state index in [0.717, 1.165) is 16.7 Å². The van der Waals surface area contributed by atoms with E-state index < -0.39 is 12.1 Å². The summed E-state index contributed by atoms with van der Waals surface area (Å²) in [5, 5.41) is 2.72. The van der Waals surface area contributed by atoms with Crippen molar-refractivity contribution in [3.63, 3.8) is 0 Å². The lowest BCUT2D eigenvalue weighted by molar-refractivity contribution is -0.152. The molecule has 0 aliphatic carbocycles. The molecule has 0 heterocycles. The van der Waals surface area contributed by atoms with E-state index in [4.69, 9.17) is 4.74 Å². The number of hydrogen-bond donors (Lipinski definition) is 1. The van der Waals surface area contributed by atoms with Crippen LogP contribution in [0.5, 0.6) is 0 Å². The number of anilines is 1. The van der Waals surface area contributed by atoms with Gasteiger partial charge in [0.15, 0.2) is 6.10 Å². The fraction of sp³-hybridized carbons (Fsp3) is 0.130. The number of carbonyl (C=O) groups is 2. The second-order valence-corrected chi connectivity index (χ2v) is 6.23. The molecule has 0 spiro atoms. The van der Waals surface area contributed by atoms with E-state index in [9.17, 15) is 9.59 Å². The molecule has 4 nitrogen and oxygen atoms in total. The fourth-order valence-electron chi connectivity index (χ4n) is 2.67. The van der Waals surface area contributed by atoms with Gasteiger partial charge in [-0.1, -0.05) is 72.8 Å². The number of amides is 1. The summed E-state index contributed by atoms with van der Waals surface area (Å²) in [6.45, 7) is 1.56. The number of rotatable bonds is 6. The number of ether oxygens (including phenoxy) is 1. The highest BCUT2D eigenvalue weighted by Crippen LogP contribution is 2.19. The highest BCUT2D eigenvalue weighted by Gasteiger charge is 2.18. The van der Waals surface area contributed by atoms with Crippen LogP contribution in [0.2, 0.25) is 0 Å². The van der Waals surface area contributed by atoms with Gasteiger partial charge >= 0.3 is 5.97 Å². The smallest absolute Gasteiger partial charge is 0.311 e. The Labute approximate surface area is 158 Å². The first-order valence-corrected chi connectivity index (χ1v) is 8.81. The third-order valence-electron chi connectivity index (χ3n) is 4.13. The van der Waals surface area contributed by atoms with Crippen molar-refractivity contribution in [2.45, 2.75) is 19.4 Å². The summed E-state index contributed by atoms with van der Waals surface area (Å²) in [7, 11) is 0. The molecule has 0 aliphatic heterocycles. The Bertz CT molecular complexity index is 890. The first-order valence-electron chi connectivity index (χ1n) is 8.81. The van der Waals surface area contributed by atoms with E-state index in [1.807, 2.05) is 72.8 Å². The minimum atomic E-state index is -0.860.